The van der Waals surface area contributed by atoms with E-state index in [1.54, 1.807) is 30.3 Å². The van der Waals surface area contributed by atoms with Crippen molar-refractivity contribution in [3.8, 4) is 17.2 Å². The van der Waals surface area contributed by atoms with Gasteiger partial charge in [-0.2, -0.15) is 0 Å². The van der Waals surface area contributed by atoms with Crippen LogP contribution in [-0.4, -0.2) is 36.0 Å². The van der Waals surface area contributed by atoms with E-state index in [1.165, 1.54) is 0 Å². The molecule has 1 aliphatic heterocycles. The number of aromatic hydroxyl groups is 1. The highest BCUT2D eigenvalue weighted by Gasteiger charge is 2.27. The van der Waals surface area contributed by atoms with Gasteiger partial charge in [0.25, 0.3) is 0 Å². The number of phenolic OH excluding ortho intramolecular Hbond substituents is 1. The van der Waals surface area contributed by atoms with E-state index in [2.05, 4.69) is 17.0 Å². The van der Waals surface area contributed by atoms with Gasteiger partial charge in [-0.1, -0.05) is 48.5 Å². The average Bonchev–Trinajstić information content (AvgIpc) is 3.16. The largest absolute Gasteiger partial charge is 0.508 e. The molecule has 0 atom stereocenters. The second-order valence-electron chi connectivity index (χ2n) is 8.81. The van der Waals surface area contributed by atoms with Gasteiger partial charge < -0.3 is 19.5 Å². The molecule has 0 radical (unpaired) electrons. The van der Waals surface area contributed by atoms with E-state index in [0.29, 0.717) is 29.4 Å². The topological polar surface area (TPSA) is 59.0 Å². The summed E-state index contributed by atoms with van der Waals surface area (Å²) in [5.74, 6) is 1.70. The molecule has 5 nitrogen and oxygen atoms in total. The van der Waals surface area contributed by atoms with Crippen LogP contribution in [0.3, 0.4) is 0 Å². The lowest BCUT2D eigenvalue weighted by Crippen LogP contribution is -2.20. The molecule has 0 saturated heterocycles. The van der Waals surface area contributed by atoms with Crippen LogP contribution in [0.25, 0.3) is 16.8 Å². The van der Waals surface area contributed by atoms with Crippen LogP contribution < -0.4 is 9.47 Å². The van der Waals surface area contributed by atoms with Gasteiger partial charge in [0.2, 0.25) is 5.78 Å². The van der Waals surface area contributed by atoms with Crippen LogP contribution in [0.15, 0.2) is 90.7 Å². The van der Waals surface area contributed by atoms with Crippen molar-refractivity contribution in [1.29, 1.82) is 0 Å². The lowest BCUT2D eigenvalue weighted by atomic mass is 10.1. The van der Waals surface area contributed by atoms with Crippen molar-refractivity contribution in [2.24, 2.45) is 0 Å². The maximum absolute atomic E-state index is 12.8. The molecule has 0 aliphatic carbocycles. The SMILES string of the molecule is CN(CCCOc1ccc2c(c1)O/C(=C\c1ccc3ccccc3c1)C2=O)Cc1cccc(O)c1. The molecule has 0 saturated carbocycles. The predicted molar refractivity (Wildman–Crippen MR) is 138 cm³/mol. The van der Waals surface area contributed by atoms with E-state index in [0.717, 1.165) is 41.4 Å². The Morgan fingerprint density at radius 2 is 1.80 bits per heavy atom. The van der Waals surface area contributed by atoms with Gasteiger partial charge in [0.15, 0.2) is 5.76 Å². The van der Waals surface area contributed by atoms with Crippen LogP contribution in [0.5, 0.6) is 17.2 Å². The number of benzene rings is 4. The summed E-state index contributed by atoms with van der Waals surface area (Å²) in [5, 5.41) is 11.9. The van der Waals surface area contributed by atoms with Gasteiger partial charge in [-0.25, -0.2) is 0 Å². The standard InChI is InChI=1S/C30H27NO4/c1-31(20-22-6-4-9-25(32)17-22)14-5-15-34-26-12-13-27-28(19-26)35-29(30(27)33)18-21-10-11-23-7-2-3-8-24(23)16-21/h2-4,6-13,16-19,32H,5,14-15,20H2,1H3/b29-18-. The highest BCUT2D eigenvalue weighted by Crippen LogP contribution is 2.35. The number of nitrogens with zero attached hydrogens (tertiary/aromatic N) is 1. The summed E-state index contributed by atoms with van der Waals surface area (Å²) in [7, 11) is 2.04. The Morgan fingerprint density at radius 1 is 0.943 bits per heavy atom. The van der Waals surface area contributed by atoms with E-state index in [1.807, 2.05) is 55.6 Å². The van der Waals surface area contributed by atoms with Gasteiger partial charge in [-0.05, 0) is 71.8 Å². The molecule has 4 aromatic carbocycles. The second kappa shape index (κ2) is 10.0. The van der Waals surface area contributed by atoms with Crippen LogP contribution in [0, 0.1) is 0 Å². The Hall–Kier alpha value is -4.09. The normalized spacial score (nSPS) is 13.9. The molecule has 0 fully saturated rings. The molecule has 176 valence electrons. The highest BCUT2D eigenvalue weighted by atomic mass is 16.5. The van der Waals surface area contributed by atoms with Gasteiger partial charge in [-0.15, -0.1) is 0 Å². The molecule has 5 rings (SSSR count). The van der Waals surface area contributed by atoms with Gasteiger partial charge in [-0.3, -0.25) is 4.79 Å². The molecule has 1 aliphatic rings. The summed E-state index contributed by atoms with van der Waals surface area (Å²) in [4.78, 5) is 15.0. The van der Waals surface area contributed by atoms with Crippen LogP contribution in [-0.2, 0) is 6.54 Å². The smallest absolute Gasteiger partial charge is 0.231 e. The zero-order valence-electron chi connectivity index (χ0n) is 19.6. The molecule has 0 aromatic heterocycles. The van der Waals surface area contributed by atoms with Gasteiger partial charge in [0.1, 0.15) is 17.2 Å². The Bertz CT molecular complexity index is 1410. The number of hydrogen-bond acceptors (Lipinski definition) is 5. The quantitative estimate of drug-likeness (QED) is 0.253. The van der Waals surface area contributed by atoms with Crippen molar-refractivity contribution >= 4 is 22.6 Å². The molecule has 0 bridgehead atoms. The van der Waals surface area contributed by atoms with Crippen molar-refractivity contribution in [2.75, 3.05) is 20.2 Å². The minimum atomic E-state index is -0.117. The van der Waals surface area contributed by atoms with E-state index in [9.17, 15) is 9.90 Å². The molecule has 0 unspecified atom stereocenters. The molecular weight excluding hydrogens is 438 g/mol. The molecule has 0 spiro atoms. The number of carbonyl (C=O) groups excluding carboxylic acids is 1. The van der Waals surface area contributed by atoms with Crippen molar-refractivity contribution in [3.63, 3.8) is 0 Å². The minimum absolute atomic E-state index is 0.117. The van der Waals surface area contributed by atoms with Gasteiger partial charge >= 0.3 is 0 Å². The molecule has 0 amide bonds. The predicted octanol–water partition coefficient (Wildman–Crippen LogP) is 6.06. The zero-order chi connectivity index (χ0) is 24.2. The summed E-state index contributed by atoms with van der Waals surface area (Å²) in [6.07, 6.45) is 2.64. The number of ketones is 1. The number of allylic oxidation sites excluding steroid dienone is 1. The number of fused-ring (bicyclic) bond motifs is 2. The average molecular weight is 466 g/mol. The van der Waals surface area contributed by atoms with Gasteiger partial charge in [0.05, 0.1) is 12.2 Å². The van der Waals surface area contributed by atoms with Crippen molar-refractivity contribution in [2.45, 2.75) is 13.0 Å². The van der Waals surface area contributed by atoms with Crippen molar-refractivity contribution < 1.29 is 19.4 Å². The van der Waals surface area contributed by atoms with Crippen LogP contribution in [0.4, 0.5) is 0 Å². The highest BCUT2D eigenvalue weighted by molar-refractivity contribution is 6.14. The number of carbonyl (C=O) groups is 1. The second-order valence-corrected chi connectivity index (χ2v) is 8.81. The molecule has 35 heavy (non-hydrogen) atoms. The van der Waals surface area contributed by atoms with Crippen molar-refractivity contribution in [3.05, 3.63) is 107 Å². The van der Waals surface area contributed by atoms with Crippen LogP contribution in [0.1, 0.15) is 27.9 Å². The zero-order valence-corrected chi connectivity index (χ0v) is 19.6. The summed E-state index contributed by atoms with van der Waals surface area (Å²) < 4.78 is 11.8. The fraction of sp³-hybridized carbons (Fsp3) is 0.167. The summed E-state index contributed by atoms with van der Waals surface area (Å²) >= 11 is 0. The third-order valence-corrected chi connectivity index (χ3v) is 6.03. The summed E-state index contributed by atoms with van der Waals surface area (Å²) in [6, 6.07) is 26.9. The first-order valence-corrected chi connectivity index (χ1v) is 11.7. The van der Waals surface area contributed by atoms with Crippen LogP contribution in [0.2, 0.25) is 0 Å². The third kappa shape index (κ3) is 5.36. The maximum Gasteiger partial charge on any atom is 0.231 e. The van der Waals surface area contributed by atoms with E-state index in [4.69, 9.17) is 9.47 Å². The lowest BCUT2D eigenvalue weighted by Gasteiger charge is -2.17. The number of hydrogen-bond donors (Lipinski definition) is 1. The lowest BCUT2D eigenvalue weighted by molar-refractivity contribution is 0.101. The molecule has 4 aromatic rings. The summed E-state index contributed by atoms with van der Waals surface area (Å²) in [6.45, 7) is 2.17. The number of rotatable bonds is 8. The van der Waals surface area contributed by atoms with E-state index in [-0.39, 0.29) is 11.5 Å². The first-order valence-electron chi connectivity index (χ1n) is 11.7. The number of phenols is 1. The molecule has 5 heteroatoms. The van der Waals surface area contributed by atoms with Gasteiger partial charge in [0, 0.05) is 19.2 Å². The first kappa shape index (κ1) is 22.7. The molecular formula is C30H27NO4. The van der Waals surface area contributed by atoms with Crippen LogP contribution >= 0.6 is 0 Å². The Balaban J connectivity index is 1.17. The summed E-state index contributed by atoms with van der Waals surface area (Å²) in [5.41, 5.74) is 2.54. The Labute approximate surface area is 204 Å². The monoisotopic (exact) mass is 465 g/mol. The number of ether oxygens (including phenoxy) is 2. The first-order chi connectivity index (χ1) is 17.0. The fourth-order valence-corrected chi connectivity index (χ4v) is 4.28. The Morgan fingerprint density at radius 3 is 2.66 bits per heavy atom. The third-order valence-electron chi connectivity index (χ3n) is 6.03. The molecule has 1 heterocycles. The van der Waals surface area contributed by atoms with E-state index < -0.39 is 0 Å². The fourth-order valence-electron chi connectivity index (χ4n) is 4.28. The molecule has 1 N–H and O–H groups in total. The number of Topliss-reactive ketones (excluding diaryl/α,β-unsaturated/α-hetero) is 1. The van der Waals surface area contributed by atoms with E-state index >= 15 is 0 Å². The maximum atomic E-state index is 12.8. The Kier molecular flexibility index (Phi) is 6.51. The van der Waals surface area contributed by atoms with Crippen molar-refractivity contribution in [1.82, 2.24) is 4.90 Å². The minimum Gasteiger partial charge on any atom is -0.508 e.